The quantitative estimate of drug-likeness (QED) is 0.581. The van der Waals surface area contributed by atoms with Crippen LogP contribution in [0.15, 0.2) is 42.0 Å². The van der Waals surface area contributed by atoms with Crippen LogP contribution in [-0.4, -0.2) is 71.5 Å². The van der Waals surface area contributed by atoms with Crippen LogP contribution in [0.4, 0.5) is 5.82 Å². The molecule has 0 saturated carbocycles. The Bertz CT molecular complexity index is 1010. The summed E-state index contributed by atoms with van der Waals surface area (Å²) < 4.78 is 2.87. The van der Waals surface area contributed by atoms with Gasteiger partial charge in [0.15, 0.2) is 11.6 Å². The molecule has 0 radical (unpaired) electrons. The molecule has 3 aromatic rings. The minimum absolute atomic E-state index is 0.00147. The van der Waals surface area contributed by atoms with Gasteiger partial charge in [-0.25, -0.2) is 14.6 Å². The molecule has 0 N–H and O–H groups in total. The van der Waals surface area contributed by atoms with E-state index in [1.54, 1.807) is 18.2 Å². The minimum Gasteiger partial charge on any atom is -0.352 e. The summed E-state index contributed by atoms with van der Waals surface area (Å²) in [6.07, 6.45) is 4.41. The van der Waals surface area contributed by atoms with Gasteiger partial charge in [0.25, 0.3) is 5.56 Å². The summed E-state index contributed by atoms with van der Waals surface area (Å²) >= 11 is 0. The first-order chi connectivity index (χ1) is 13.6. The van der Waals surface area contributed by atoms with Gasteiger partial charge in [0, 0.05) is 37.9 Å². The Balaban J connectivity index is 1.35. The molecule has 1 aliphatic rings. The average molecular weight is 381 g/mol. The Labute approximate surface area is 160 Å². The minimum atomic E-state index is -0.220. The Morgan fingerprint density at radius 2 is 1.82 bits per heavy atom. The maximum atomic E-state index is 12.5. The predicted octanol–water partition coefficient (Wildman–Crippen LogP) is -0.729. The number of hydrogen-bond donors (Lipinski definition) is 0. The van der Waals surface area contributed by atoms with Crippen molar-refractivity contribution in [3.05, 3.63) is 53.2 Å². The summed E-state index contributed by atoms with van der Waals surface area (Å²) in [7, 11) is 0. The predicted molar refractivity (Wildman–Crippen MR) is 99.0 cm³/mol. The van der Waals surface area contributed by atoms with Gasteiger partial charge in [0.05, 0.1) is 6.33 Å². The lowest BCUT2D eigenvalue weighted by atomic mass is 10.3. The van der Waals surface area contributed by atoms with E-state index >= 15 is 0 Å². The van der Waals surface area contributed by atoms with E-state index < -0.39 is 0 Å². The van der Waals surface area contributed by atoms with Crippen molar-refractivity contribution in [1.29, 1.82) is 0 Å². The summed E-state index contributed by atoms with van der Waals surface area (Å²) in [5, 5.41) is 12.4. The maximum absolute atomic E-state index is 12.5. The van der Waals surface area contributed by atoms with Gasteiger partial charge in [-0.15, -0.1) is 10.2 Å². The topological polar surface area (TPSA) is 115 Å². The van der Waals surface area contributed by atoms with Crippen molar-refractivity contribution >= 4 is 11.7 Å². The van der Waals surface area contributed by atoms with E-state index in [4.69, 9.17) is 0 Å². The lowest BCUT2D eigenvalue weighted by molar-refractivity contribution is -0.132. The third-order valence-corrected chi connectivity index (χ3v) is 4.57. The van der Waals surface area contributed by atoms with Gasteiger partial charge in [0.2, 0.25) is 5.91 Å². The fraction of sp³-hybridized carbons (Fsp3) is 0.353. The van der Waals surface area contributed by atoms with E-state index in [-0.39, 0.29) is 18.0 Å². The zero-order valence-electron chi connectivity index (χ0n) is 15.3. The molecule has 0 aliphatic carbocycles. The summed E-state index contributed by atoms with van der Waals surface area (Å²) in [4.78, 5) is 36.2. The fourth-order valence-corrected chi connectivity index (χ4v) is 3.00. The normalized spacial score (nSPS) is 14.3. The zero-order chi connectivity index (χ0) is 19.5. The van der Waals surface area contributed by atoms with Gasteiger partial charge in [-0.3, -0.25) is 14.2 Å². The first-order valence-electron chi connectivity index (χ1n) is 8.85. The molecule has 0 bridgehead atoms. The SMILES string of the molecule is Cc1cc(=O)n(CC(=O)N2CCN(c3ccc(-n4cncn4)nn3)CC2)cn1. The van der Waals surface area contributed by atoms with Gasteiger partial charge in [0.1, 0.15) is 19.2 Å². The molecule has 1 fully saturated rings. The number of aromatic nitrogens is 7. The van der Waals surface area contributed by atoms with Crippen molar-refractivity contribution < 1.29 is 4.79 Å². The summed E-state index contributed by atoms with van der Waals surface area (Å²) in [5.74, 6) is 1.24. The molecule has 1 amide bonds. The smallest absolute Gasteiger partial charge is 0.253 e. The summed E-state index contributed by atoms with van der Waals surface area (Å²) in [6, 6.07) is 5.12. The van der Waals surface area contributed by atoms with Crippen LogP contribution >= 0.6 is 0 Å². The number of anilines is 1. The number of aryl methyl sites for hydroxylation is 1. The molecule has 0 atom stereocenters. The molecule has 0 unspecified atom stereocenters. The zero-order valence-corrected chi connectivity index (χ0v) is 15.3. The number of carbonyl (C=O) groups is 1. The highest BCUT2D eigenvalue weighted by Crippen LogP contribution is 2.14. The number of nitrogens with zero attached hydrogens (tertiary/aromatic N) is 9. The van der Waals surface area contributed by atoms with Crippen LogP contribution in [0, 0.1) is 6.92 Å². The van der Waals surface area contributed by atoms with Gasteiger partial charge in [-0.05, 0) is 19.1 Å². The van der Waals surface area contributed by atoms with E-state index in [0.29, 0.717) is 37.7 Å². The van der Waals surface area contributed by atoms with Crippen LogP contribution in [-0.2, 0) is 11.3 Å². The van der Waals surface area contributed by atoms with E-state index in [1.807, 2.05) is 12.1 Å². The number of amides is 1. The average Bonchev–Trinajstić information content (AvgIpc) is 3.25. The molecule has 0 spiro atoms. The first-order valence-corrected chi connectivity index (χ1v) is 8.85. The van der Waals surface area contributed by atoms with Gasteiger partial charge >= 0.3 is 0 Å². The molecule has 1 aliphatic heterocycles. The molecular weight excluding hydrogens is 362 g/mol. The van der Waals surface area contributed by atoms with Crippen molar-refractivity contribution in [3.8, 4) is 5.82 Å². The van der Waals surface area contributed by atoms with E-state index in [1.165, 1.54) is 28.0 Å². The van der Waals surface area contributed by atoms with Gasteiger partial charge in [-0.2, -0.15) is 5.10 Å². The van der Waals surface area contributed by atoms with E-state index in [2.05, 4.69) is 30.2 Å². The lowest BCUT2D eigenvalue weighted by Gasteiger charge is -2.35. The highest BCUT2D eigenvalue weighted by molar-refractivity contribution is 5.76. The molecule has 0 aromatic carbocycles. The molecule has 11 nitrogen and oxygen atoms in total. The van der Waals surface area contributed by atoms with Crippen LogP contribution in [0.2, 0.25) is 0 Å². The lowest BCUT2D eigenvalue weighted by Crippen LogP contribution is -2.50. The second-order valence-electron chi connectivity index (χ2n) is 6.45. The molecule has 4 heterocycles. The van der Waals surface area contributed by atoms with Crippen LogP contribution in [0.1, 0.15) is 5.69 Å². The van der Waals surface area contributed by atoms with Crippen LogP contribution < -0.4 is 10.5 Å². The highest BCUT2D eigenvalue weighted by atomic mass is 16.2. The van der Waals surface area contributed by atoms with Crippen LogP contribution in [0.5, 0.6) is 0 Å². The second-order valence-corrected chi connectivity index (χ2v) is 6.45. The Hall–Kier alpha value is -3.63. The highest BCUT2D eigenvalue weighted by Gasteiger charge is 2.22. The van der Waals surface area contributed by atoms with Crippen LogP contribution in [0.25, 0.3) is 5.82 Å². The second kappa shape index (κ2) is 7.55. The molecule has 11 heteroatoms. The van der Waals surface area contributed by atoms with E-state index in [9.17, 15) is 9.59 Å². The third kappa shape index (κ3) is 3.72. The number of piperazine rings is 1. The maximum Gasteiger partial charge on any atom is 0.253 e. The van der Waals surface area contributed by atoms with Crippen molar-refractivity contribution in [3.63, 3.8) is 0 Å². The summed E-state index contributed by atoms with van der Waals surface area (Å²) in [6.45, 7) is 4.14. The van der Waals surface area contributed by atoms with Gasteiger partial charge in [-0.1, -0.05) is 0 Å². The van der Waals surface area contributed by atoms with Crippen molar-refractivity contribution in [1.82, 2.24) is 39.4 Å². The number of carbonyl (C=O) groups excluding carboxylic acids is 1. The van der Waals surface area contributed by atoms with Crippen LogP contribution in [0.3, 0.4) is 0 Å². The van der Waals surface area contributed by atoms with E-state index in [0.717, 1.165) is 5.82 Å². The van der Waals surface area contributed by atoms with Crippen molar-refractivity contribution in [2.75, 3.05) is 31.1 Å². The Morgan fingerprint density at radius 1 is 1.07 bits per heavy atom. The molecule has 4 rings (SSSR count). The Kier molecular flexibility index (Phi) is 4.79. The van der Waals surface area contributed by atoms with Gasteiger partial charge < -0.3 is 9.80 Å². The third-order valence-electron chi connectivity index (χ3n) is 4.57. The summed E-state index contributed by atoms with van der Waals surface area (Å²) in [5.41, 5.74) is 0.417. The monoisotopic (exact) mass is 381 g/mol. The largest absolute Gasteiger partial charge is 0.352 e. The molecule has 3 aromatic heterocycles. The standard InChI is InChI=1S/C17H19N9O2/c1-13-8-16(27)25(12-19-13)9-17(28)24-6-4-23(5-7-24)14-2-3-15(22-21-14)26-11-18-10-20-26/h2-3,8,10-12H,4-7,9H2,1H3. The van der Waals surface area contributed by atoms with Crippen molar-refractivity contribution in [2.24, 2.45) is 0 Å². The molecule has 28 heavy (non-hydrogen) atoms. The number of hydrogen-bond acceptors (Lipinski definition) is 8. The Morgan fingerprint density at radius 3 is 2.46 bits per heavy atom. The molecular formula is C17H19N9O2. The number of rotatable bonds is 4. The fourth-order valence-electron chi connectivity index (χ4n) is 3.00. The molecule has 144 valence electrons. The molecule has 1 saturated heterocycles. The first kappa shape index (κ1) is 17.8. The van der Waals surface area contributed by atoms with Crippen molar-refractivity contribution in [2.45, 2.75) is 13.5 Å².